The number of rotatable bonds is 7. The lowest BCUT2D eigenvalue weighted by atomic mass is 10.0. The topological polar surface area (TPSA) is 117 Å². The Morgan fingerprint density at radius 2 is 1.97 bits per heavy atom. The molecule has 1 aliphatic rings. The molecule has 4 rings (SSSR count). The van der Waals surface area contributed by atoms with E-state index in [0.717, 1.165) is 24.9 Å². The van der Waals surface area contributed by atoms with Crippen LogP contribution in [0.5, 0.6) is 0 Å². The quantitative estimate of drug-likeness (QED) is 0.541. The monoisotopic (exact) mass is 477 g/mol. The fourth-order valence-electron chi connectivity index (χ4n) is 4.39. The molecule has 2 aromatic heterocycles. The number of amides is 2. The van der Waals surface area contributed by atoms with Gasteiger partial charge < -0.3 is 10.2 Å². The van der Waals surface area contributed by atoms with Gasteiger partial charge >= 0.3 is 5.69 Å². The van der Waals surface area contributed by atoms with Crippen LogP contribution in [0, 0.1) is 0 Å². The molecule has 9 nitrogen and oxygen atoms in total. The highest BCUT2D eigenvalue weighted by Crippen LogP contribution is 2.22. The molecule has 9 heteroatoms. The van der Waals surface area contributed by atoms with Crippen molar-refractivity contribution in [3.63, 3.8) is 0 Å². The molecule has 1 saturated heterocycles. The highest BCUT2D eigenvalue weighted by Gasteiger charge is 2.21. The van der Waals surface area contributed by atoms with Gasteiger partial charge in [-0.2, -0.15) is 0 Å². The van der Waals surface area contributed by atoms with Crippen molar-refractivity contribution in [1.29, 1.82) is 0 Å². The van der Waals surface area contributed by atoms with Gasteiger partial charge in [-0.25, -0.2) is 9.78 Å². The Bertz CT molecular complexity index is 1390. The second kappa shape index (κ2) is 10.2. The maximum atomic E-state index is 13.4. The molecule has 1 fully saturated rings. The van der Waals surface area contributed by atoms with Gasteiger partial charge in [-0.05, 0) is 48.9 Å². The van der Waals surface area contributed by atoms with Crippen LogP contribution in [-0.2, 0) is 17.9 Å². The molecule has 35 heavy (non-hydrogen) atoms. The number of carbonyl (C=O) groups excluding carboxylic acids is 2. The average molecular weight is 478 g/mol. The smallest absolute Gasteiger partial charge is 0.329 e. The summed E-state index contributed by atoms with van der Waals surface area (Å²) in [6, 6.07) is 8.97. The third kappa shape index (κ3) is 5.18. The Hall–Kier alpha value is -3.75. The summed E-state index contributed by atoms with van der Waals surface area (Å²) in [5.74, 6) is -0.328. The molecule has 0 bridgehead atoms. The summed E-state index contributed by atoms with van der Waals surface area (Å²) in [6.45, 7) is 7.40. The Kier molecular flexibility index (Phi) is 7.14. The summed E-state index contributed by atoms with van der Waals surface area (Å²) in [5.41, 5.74) is 1.30. The van der Waals surface area contributed by atoms with E-state index in [4.69, 9.17) is 0 Å². The number of piperidine rings is 1. The first-order valence-electron chi connectivity index (χ1n) is 12.1. The lowest BCUT2D eigenvalue weighted by Crippen LogP contribution is -2.34. The van der Waals surface area contributed by atoms with Crippen LogP contribution in [0.15, 0.2) is 39.9 Å². The highest BCUT2D eigenvalue weighted by atomic mass is 16.2. The van der Waals surface area contributed by atoms with E-state index < -0.39 is 17.2 Å². The van der Waals surface area contributed by atoms with E-state index >= 15 is 0 Å². The molecule has 184 valence electrons. The maximum Gasteiger partial charge on any atom is 0.329 e. The lowest BCUT2D eigenvalue weighted by molar-refractivity contribution is -0.133. The average Bonchev–Trinajstić information content (AvgIpc) is 2.82. The Morgan fingerprint density at radius 3 is 2.69 bits per heavy atom. The van der Waals surface area contributed by atoms with Crippen molar-refractivity contribution in [3.8, 4) is 0 Å². The van der Waals surface area contributed by atoms with E-state index in [1.54, 1.807) is 12.1 Å². The second-order valence-electron chi connectivity index (χ2n) is 9.29. The zero-order chi connectivity index (χ0) is 25.1. The molecule has 3 aromatic rings. The van der Waals surface area contributed by atoms with Gasteiger partial charge in [0.2, 0.25) is 5.91 Å². The predicted molar refractivity (Wildman–Crippen MR) is 135 cm³/mol. The first-order chi connectivity index (χ1) is 16.8. The van der Waals surface area contributed by atoms with Crippen molar-refractivity contribution in [2.24, 2.45) is 0 Å². The minimum atomic E-state index is -0.636. The van der Waals surface area contributed by atoms with E-state index in [1.807, 2.05) is 43.9 Å². The van der Waals surface area contributed by atoms with Gasteiger partial charge in [0, 0.05) is 37.4 Å². The zero-order valence-corrected chi connectivity index (χ0v) is 20.4. The molecule has 0 spiro atoms. The maximum absolute atomic E-state index is 13.4. The molecule has 0 radical (unpaired) electrons. The number of pyridine rings is 1. The third-order valence-corrected chi connectivity index (χ3v) is 6.23. The normalized spacial score (nSPS) is 14.1. The number of carbonyl (C=O) groups is 2. The summed E-state index contributed by atoms with van der Waals surface area (Å²) in [7, 11) is 0. The largest absolute Gasteiger partial charge is 0.338 e. The molecule has 0 atom stereocenters. The van der Waals surface area contributed by atoms with Crippen LogP contribution in [0.3, 0.4) is 0 Å². The van der Waals surface area contributed by atoms with E-state index in [2.05, 4.69) is 15.3 Å². The van der Waals surface area contributed by atoms with Crippen molar-refractivity contribution in [3.05, 3.63) is 68.0 Å². The first kappa shape index (κ1) is 24.4. The molecule has 2 amide bonds. The Labute approximate surface area is 203 Å². The molecule has 1 aromatic carbocycles. The van der Waals surface area contributed by atoms with Crippen LogP contribution in [0.25, 0.3) is 11.0 Å². The van der Waals surface area contributed by atoms with E-state index in [0.29, 0.717) is 37.3 Å². The minimum absolute atomic E-state index is 0.0131. The zero-order valence-electron chi connectivity index (χ0n) is 20.4. The van der Waals surface area contributed by atoms with Crippen LogP contribution in [0.4, 0.5) is 5.69 Å². The fourth-order valence-corrected chi connectivity index (χ4v) is 4.39. The van der Waals surface area contributed by atoms with Crippen molar-refractivity contribution in [2.75, 3.05) is 11.9 Å². The number of benzene rings is 1. The fraction of sp³-hybridized carbons (Fsp3) is 0.423. The number of anilines is 1. The number of nitrogens with zero attached hydrogens (tertiary/aromatic N) is 3. The van der Waals surface area contributed by atoms with Crippen LogP contribution in [-0.4, -0.2) is 37.8 Å². The van der Waals surface area contributed by atoms with Gasteiger partial charge in [-0.1, -0.05) is 32.9 Å². The number of likely N-dealkylation sites (tertiary alicyclic amines) is 1. The molecule has 0 unspecified atom stereocenters. The highest BCUT2D eigenvalue weighted by molar-refractivity contribution is 6.11. The van der Waals surface area contributed by atoms with Crippen molar-refractivity contribution >= 4 is 28.5 Å². The number of fused-ring (bicyclic) bond motifs is 1. The summed E-state index contributed by atoms with van der Waals surface area (Å²) in [4.78, 5) is 59.6. The summed E-state index contributed by atoms with van der Waals surface area (Å²) in [5, 5.41) is 2.98. The van der Waals surface area contributed by atoms with Crippen LogP contribution >= 0.6 is 0 Å². The number of hydrogen-bond acceptors (Lipinski definition) is 5. The number of nitrogens with one attached hydrogen (secondary N) is 2. The Balaban J connectivity index is 1.71. The predicted octanol–water partition coefficient (Wildman–Crippen LogP) is 3.38. The Morgan fingerprint density at radius 1 is 1.17 bits per heavy atom. The van der Waals surface area contributed by atoms with Crippen molar-refractivity contribution in [1.82, 2.24) is 19.4 Å². The van der Waals surface area contributed by atoms with Gasteiger partial charge in [-0.3, -0.25) is 23.9 Å². The number of aromatic amines is 1. The molecular formula is C26H31N5O4. The first-order valence-corrected chi connectivity index (χ1v) is 12.1. The van der Waals surface area contributed by atoms with Gasteiger partial charge in [0.1, 0.15) is 0 Å². The standard InChI is InChI=1S/C26H31N5O4/c1-4-11-31-23-22(25(34)29-26(31)35)19(14-20(28-23)16(2)3)24(33)27-18-9-7-8-17(13-18)15-30-12-6-5-10-21(30)32/h7-9,13-14,16H,4-6,10-12,15H2,1-3H3,(H,27,33)(H,29,34,35). The summed E-state index contributed by atoms with van der Waals surface area (Å²) in [6.07, 6.45) is 3.16. The minimum Gasteiger partial charge on any atom is -0.338 e. The summed E-state index contributed by atoms with van der Waals surface area (Å²) < 4.78 is 1.41. The molecule has 2 N–H and O–H groups in total. The molecule has 0 saturated carbocycles. The van der Waals surface area contributed by atoms with Crippen LogP contribution in [0.2, 0.25) is 0 Å². The van der Waals surface area contributed by atoms with E-state index in [-0.39, 0.29) is 28.4 Å². The van der Waals surface area contributed by atoms with Crippen LogP contribution in [0.1, 0.15) is 74.0 Å². The van der Waals surface area contributed by atoms with Gasteiger partial charge in [-0.15, -0.1) is 0 Å². The lowest BCUT2D eigenvalue weighted by Gasteiger charge is -2.26. The molecular weight excluding hydrogens is 446 g/mol. The number of H-pyrrole nitrogens is 1. The second-order valence-corrected chi connectivity index (χ2v) is 9.29. The summed E-state index contributed by atoms with van der Waals surface area (Å²) >= 11 is 0. The van der Waals surface area contributed by atoms with Gasteiger partial charge in [0.15, 0.2) is 5.65 Å². The molecule has 3 heterocycles. The van der Waals surface area contributed by atoms with Crippen molar-refractivity contribution in [2.45, 2.75) is 65.5 Å². The van der Waals surface area contributed by atoms with Crippen molar-refractivity contribution < 1.29 is 9.59 Å². The number of hydrogen-bond donors (Lipinski definition) is 2. The number of aryl methyl sites for hydroxylation is 1. The molecule has 1 aliphatic heterocycles. The number of aromatic nitrogens is 3. The molecule has 0 aliphatic carbocycles. The van der Waals surface area contributed by atoms with E-state index in [1.165, 1.54) is 4.57 Å². The van der Waals surface area contributed by atoms with Crippen LogP contribution < -0.4 is 16.6 Å². The SMILES string of the molecule is CCCn1c(=O)[nH]c(=O)c2c(C(=O)Nc3cccc(CN4CCCCC4=O)c3)cc(C(C)C)nc21. The third-order valence-electron chi connectivity index (χ3n) is 6.23. The van der Waals surface area contributed by atoms with Gasteiger partial charge in [0.25, 0.3) is 11.5 Å². The van der Waals surface area contributed by atoms with Gasteiger partial charge in [0.05, 0.1) is 10.9 Å². The van der Waals surface area contributed by atoms with E-state index in [9.17, 15) is 19.2 Å².